The number of aromatic amines is 2. The van der Waals surface area contributed by atoms with Crippen LogP contribution in [0.25, 0.3) is 11.2 Å². The molecule has 2 heterocycles. The van der Waals surface area contributed by atoms with Crippen molar-refractivity contribution in [3.63, 3.8) is 0 Å². The molecule has 7 nitrogen and oxygen atoms in total. The Kier molecular flexibility index (Phi) is 2.93. The molecule has 19 heavy (non-hydrogen) atoms. The Morgan fingerprint density at radius 1 is 1.16 bits per heavy atom. The lowest BCUT2D eigenvalue weighted by Gasteiger charge is -2.05. The monoisotopic (exact) mass is 256 g/mol. The summed E-state index contributed by atoms with van der Waals surface area (Å²) in [6.45, 7) is 0.669. The van der Waals surface area contributed by atoms with Crippen LogP contribution < -0.4 is 11.0 Å². The third kappa shape index (κ3) is 2.44. The number of rotatable bonds is 4. The average molecular weight is 256 g/mol. The highest BCUT2D eigenvalue weighted by molar-refractivity contribution is 5.81. The van der Waals surface area contributed by atoms with Crippen LogP contribution >= 0.6 is 0 Å². The van der Waals surface area contributed by atoms with Crippen molar-refractivity contribution in [2.24, 2.45) is 0 Å². The van der Waals surface area contributed by atoms with Crippen LogP contribution in [-0.4, -0.2) is 31.9 Å². The minimum absolute atomic E-state index is 0.405. The quantitative estimate of drug-likeness (QED) is 0.638. The fraction of sp³-hybridized carbons (Fsp3) is 0.167. The van der Waals surface area contributed by atoms with E-state index in [4.69, 9.17) is 0 Å². The van der Waals surface area contributed by atoms with Crippen molar-refractivity contribution in [3.8, 4) is 0 Å². The largest absolute Gasteiger partial charge is 0.368 e. The van der Waals surface area contributed by atoms with Gasteiger partial charge in [-0.3, -0.25) is 4.98 Å². The number of fused-ring (bicyclic) bond motifs is 1. The second kappa shape index (κ2) is 4.89. The van der Waals surface area contributed by atoms with Crippen LogP contribution in [0.15, 0.2) is 35.1 Å². The Morgan fingerprint density at radius 3 is 2.84 bits per heavy atom. The van der Waals surface area contributed by atoms with Gasteiger partial charge in [-0.05, 0) is 12.0 Å². The standard InChI is InChI=1S/C12H12N6O/c19-12-14-10(9-11(15-12)17-18-16-9)13-7-6-8-4-2-1-3-5-8/h1-5H,6-7H2,(H3,13,14,15,16,17,18,19). The summed E-state index contributed by atoms with van der Waals surface area (Å²) in [5, 5.41) is 13.4. The normalized spacial score (nSPS) is 10.7. The molecule has 0 amide bonds. The van der Waals surface area contributed by atoms with E-state index in [1.165, 1.54) is 5.56 Å². The summed E-state index contributed by atoms with van der Waals surface area (Å²) in [6, 6.07) is 10.1. The van der Waals surface area contributed by atoms with E-state index in [2.05, 4.69) is 42.8 Å². The molecule has 3 N–H and O–H groups in total. The van der Waals surface area contributed by atoms with Gasteiger partial charge in [0.05, 0.1) is 0 Å². The van der Waals surface area contributed by atoms with Crippen molar-refractivity contribution in [1.82, 2.24) is 25.4 Å². The molecule has 0 radical (unpaired) electrons. The molecule has 0 atom stereocenters. The van der Waals surface area contributed by atoms with Gasteiger partial charge in [-0.15, -0.1) is 5.10 Å². The molecule has 7 heteroatoms. The number of hydrogen-bond donors (Lipinski definition) is 3. The van der Waals surface area contributed by atoms with E-state index in [9.17, 15) is 4.79 Å². The summed E-state index contributed by atoms with van der Waals surface area (Å²) in [7, 11) is 0. The van der Waals surface area contributed by atoms with E-state index in [1.54, 1.807) is 0 Å². The second-order valence-electron chi connectivity index (χ2n) is 4.07. The molecule has 0 saturated heterocycles. The average Bonchev–Trinajstić information content (AvgIpc) is 2.88. The minimum Gasteiger partial charge on any atom is -0.368 e. The molecule has 3 aromatic rings. The van der Waals surface area contributed by atoms with E-state index in [0.717, 1.165) is 6.42 Å². The molecular formula is C12H12N6O. The number of nitrogens with one attached hydrogen (secondary N) is 3. The van der Waals surface area contributed by atoms with Gasteiger partial charge in [0.25, 0.3) is 0 Å². The summed E-state index contributed by atoms with van der Waals surface area (Å²) in [5.41, 5.74) is 1.72. The molecule has 3 rings (SSSR count). The van der Waals surface area contributed by atoms with Crippen molar-refractivity contribution < 1.29 is 0 Å². The zero-order valence-corrected chi connectivity index (χ0v) is 10.1. The van der Waals surface area contributed by atoms with Gasteiger partial charge in [-0.25, -0.2) is 4.79 Å². The van der Waals surface area contributed by atoms with Gasteiger partial charge in [-0.2, -0.15) is 15.3 Å². The predicted octanol–water partition coefficient (Wildman–Crippen LogP) is 0.696. The van der Waals surface area contributed by atoms with Crippen molar-refractivity contribution in [1.29, 1.82) is 0 Å². The van der Waals surface area contributed by atoms with Crippen LogP contribution in [0.2, 0.25) is 0 Å². The maximum Gasteiger partial charge on any atom is 0.348 e. The topological polar surface area (TPSA) is 99.3 Å². The van der Waals surface area contributed by atoms with Gasteiger partial charge >= 0.3 is 5.69 Å². The molecule has 0 aliphatic rings. The summed E-state index contributed by atoms with van der Waals surface area (Å²) in [5.74, 6) is 0.448. The van der Waals surface area contributed by atoms with Crippen molar-refractivity contribution in [2.75, 3.05) is 11.9 Å². The Morgan fingerprint density at radius 2 is 2.00 bits per heavy atom. The van der Waals surface area contributed by atoms with E-state index in [0.29, 0.717) is 23.5 Å². The third-order valence-corrected chi connectivity index (χ3v) is 2.76. The van der Waals surface area contributed by atoms with Crippen molar-refractivity contribution in [2.45, 2.75) is 6.42 Å². The first-order valence-electron chi connectivity index (χ1n) is 5.91. The van der Waals surface area contributed by atoms with Gasteiger partial charge in [0, 0.05) is 6.54 Å². The zero-order valence-electron chi connectivity index (χ0n) is 10.1. The predicted molar refractivity (Wildman–Crippen MR) is 70.9 cm³/mol. The van der Waals surface area contributed by atoms with E-state index in [1.807, 2.05) is 18.2 Å². The number of nitrogens with zero attached hydrogens (tertiary/aromatic N) is 3. The third-order valence-electron chi connectivity index (χ3n) is 2.76. The fourth-order valence-electron chi connectivity index (χ4n) is 1.86. The zero-order chi connectivity index (χ0) is 13.1. The van der Waals surface area contributed by atoms with Crippen molar-refractivity contribution >= 4 is 17.0 Å². The second-order valence-corrected chi connectivity index (χ2v) is 4.07. The molecule has 1 aromatic carbocycles. The van der Waals surface area contributed by atoms with E-state index in [-0.39, 0.29) is 0 Å². The van der Waals surface area contributed by atoms with Crippen LogP contribution in [0.3, 0.4) is 0 Å². The van der Waals surface area contributed by atoms with Gasteiger partial charge in [0.2, 0.25) is 0 Å². The Labute approximate surface area is 108 Å². The Balaban J connectivity index is 1.75. The van der Waals surface area contributed by atoms with Gasteiger partial charge in [0.1, 0.15) is 0 Å². The van der Waals surface area contributed by atoms with E-state index >= 15 is 0 Å². The highest BCUT2D eigenvalue weighted by Crippen LogP contribution is 2.11. The summed E-state index contributed by atoms with van der Waals surface area (Å²) in [6.07, 6.45) is 0.842. The molecule has 0 fully saturated rings. The highest BCUT2D eigenvalue weighted by atomic mass is 16.1. The molecule has 0 unspecified atom stereocenters. The van der Waals surface area contributed by atoms with E-state index < -0.39 is 5.69 Å². The molecule has 0 bridgehead atoms. The molecule has 2 aromatic heterocycles. The van der Waals surface area contributed by atoms with Crippen LogP contribution in [0.1, 0.15) is 5.56 Å². The lowest BCUT2D eigenvalue weighted by atomic mass is 10.1. The maximum atomic E-state index is 11.3. The first-order chi connectivity index (χ1) is 9.33. The number of hydrogen-bond acceptors (Lipinski definition) is 5. The van der Waals surface area contributed by atoms with Gasteiger partial charge < -0.3 is 5.32 Å². The highest BCUT2D eigenvalue weighted by Gasteiger charge is 2.07. The summed E-state index contributed by atoms with van der Waals surface area (Å²) in [4.78, 5) is 17.7. The fourth-order valence-corrected chi connectivity index (χ4v) is 1.86. The minimum atomic E-state index is -0.441. The Bertz CT molecular complexity index is 733. The molecule has 96 valence electrons. The lowest BCUT2D eigenvalue weighted by molar-refractivity contribution is 0.953. The first kappa shape index (κ1) is 11.4. The Hall–Kier alpha value is -2.70. The lowest BCUT2D eigenvalue weighted by Crippen LogP contribution is -2.15. The van der Waals surface area contributed by atoms with Crippen molar-refractivity contribution in [3.05, 3.63) is 46.4 Å². The number of H-pyrrole nitrogens is 2. The molecule has 0 saturated carbocycles. The molecular weight excluding hydrogens is 244 g/mol. The number of benzene rings is 1. The molecule has 0 aliphatic carbocycles. The van der Waals surface area contributed by atoms with Gasteiger partial charge in [0.15, 0.2) is 17.0 Å². The number of aromatic nitrogens is 5. The summed E-state index contributed by atoms with van der Waals surface area (Å²) < 4.78 is 0. The van der Waals surface area contributed by atoms with Crippen LogP contribution in [0, 0.1) is 0 Å². The molecule has 0 aliphatic heterocycles. The smallest absolute Gasteiger partial charge is 0.348 e. The first-order valence-corrected chi connectivity index (χ1v) is 5.91. The summed E-state index contributed by atoms with van der Waals surface area (Å²) >= 11 is 0. The van der Waals surface area contributed by atoms with Crippen LogP contribution in [0.5, 0.6) is 0 Å². The van der Waals surface area contributed by atoms with Crippen LogP contribution in [0.4, 0.5) is 5.82 Å². The molecule has 0 spiro atoms. The van der Waals surface area contributed by atoms with Gasteiger partial charge in [-0.1, -0.05) is 30.3 Å². The maximum absolute atomic E-state index is 11.3. The SMILES string of the molecule is O=c1nc(NCCc2ccccc2)c2n[nH]nc2[nH]1. The van der Waals surface area contributed by atoms with Crippen LogP contribution in [-0.2, 0) is 6.42 Å². The number of anilines is 1.